The van der Waals surface area contributed by atoms with Crippen molar-refractivity contribution in [3.63, 3.8) is 0 Å². The first kappa shape index (κ1) is 14.4. The lowest BCUT2D eigenvalue weighted by Crippen LogP contribution is -2.36. The highest BCUT2D eigenvalue weighted by atomic mass is 16.5. The van der Waals surface area contributed by atoms with Gasteiger partial charge in [0.2, 0.25) is 0 Å². The fourth-order valence-electron chi connectivity index (χ4n) is 2.75. The third kappa shape index (κ3) is 4.22. The summed E-state index contributed by atoms with van der Waals surface area (Å²) < 4.78 is 5.72. The molecule has 2 rings (SSSR count). The van der Waals surface area contributed by atoms with Crippen LogP contribution in [-0.2, 0) is 0 Å². The number of rotatable bonds is 6. The fourth-order valence-corrected chi connectivity index (χ4v) is 2.75. The zero-order valence-electron chi connectivity index (χ0n) is 12.0. The van der Waals surface area contributed by atoms with E-state index in [4.69, 9.17) is 10.5 Å². The minimum Gasteiger partial charge on any atom is -0.494 e. The summed E-state index contributed by atoms with van der Waals surface area (Å²) in [7, 11) is 0. The summed E-state index contributed by atoms with van der Waals surface area (Å²) in [5.41, 5.74) is 7.04. The van der Waals surface area contributed by atoms with Crippen molar-refractivity contribution < 1.29 is 4.74 Å². The van der Waals surface area contributed by atoms with Gasteiger partial charge in [-0.2, -0.15) is 0 Å². The van der Waals surface area contributed by atoms with Crippen LogP contribution in [0.4, 0.5) is 0 Å². The normalized spacial score (nSPS) is 17.6. The molecule has 0 amide bonds. The Morgan fingerprint density at radius 1 is 1.32 bits per heavy atom. The SMILES string of the molecule is CCCOc1cccc(C2CCN(CCN)CC2)c1. The van der Waals surface area contributed by atoms with Crippen molar-refractivity contribution in [2.24, 2.45) is 5.73 Å². The number of ether oxygens (including phenoxy) is 1. The maximum Gasteiger partial charge on any atom is 0.119 e. The summed E-state index contributed by atoms with van der Waals surface area (Å²) in [6.07, 6.45) is 3.52. The van der Waals surface area contributed by atoms with Gasteiger partial charge in [0.1, 0.15) is 5.75 Å². The van der Waals surface area contributed by atoms with E-state index >= 15 is 0 Å². The number of benzene rings is 1. The number of nitrogens with zero attached hydrogens (tertiary/aromatic N) is 1. The average Bonchev–Trinajstić information content (AvgIpc) is 2.46. The molecular weight excluding hydrogens is 236 g/mol. The molecular formula is C16H26N2O. The lowest BCUT2D eigenvalue weighted by atomic mass is 9.89. The monoisotopic (exact) mass is 262 g/mol. The van der Waals surface area contributed by atoms with Gasteiger partial charge in [0.05, 0.1) is 6.61 Å². The first-order valence-corrected chi connectivity index (χ1v) is 7.48. The standard InChI is InChI=1S/C16H26N2O/c1-2-12-19-16-5-3-4-15(13-16)14-6-9-18(10-7-14)11-8-17/h3-5,13-14H,2,6-12,17H2,1H3. The van der Waals surface area contributed by atoms with Gasteiger partial charge in [-0.25, -0.2) is 0 Å². The van der Waals surface area contributed by atoms with Crippen LogP contribution in [0.15, 0.2) is 24.3 Å². The van der Waals surface area contributed by atoms with Crippen LogP contribution in [0.25, 0.3) is 0 Å². The molecule has 3 heteroatoms. The van der Waals surface area contributed by atoms with Crippen molar-refractivity contribution in [1.29, 1.82) is 0 Å². The molecule has 19 heavy (non-hydrogen) atoms. The highest BCUT2D eigenvalue weighted by Gasteiger charge is 2.20. The number of hydrogen-bond acceptors (Lipinski definition) is 3. The van der Waals surface area contributed by atoms with E-state index in [0.717, 1.165) is 31.9 Å². The fraction of sp³-hybridized carbons (Fsp3) is 0.625. The predicted octanol–water partition coefficient (Wildman–Crippen LogP) is 2.61. The summed E-state index contributed by atoms with van der Waals surface area (Å²) in [6, 6.07) is 8.64. The van der Waals surface area contributed by atoms with Crippen molar-refractivity contribution in [2.75, 3.05) is 32.8 Å². The molecule has 0 saturated carbocycles. The minimum atomic E-state index is 0.680. The second-order valence-electron chi connectivity index (χ2n) is 5.33. The Kier molecular flexibility index (Phi) is 5.67. The lowest BCUT2D eigenvalue weighted by Gasteiger charge is -2.31. The van der Waals surface area contributed by atoms with Gasteiger partial charge in [0.15, 0.2) is 0 Å². The van der Waals surface area contributed by atoms with Crippen LogP contribution in [0.2, 0.25) is 0 Å². The number of likely N-dealkylation sites (tertiary alicyclic amines) is 1. The molecule has 0 aromatic heterocycles. The average molecular weight is 262 g/mol. The highest BCUT2D eigenvalue weighted by Crippen LogP contribution is 2.29. The van der Waals surface area contributed by atoms with Crippen LogP contribution in [-0.4, -0.2) is 37.7 Å². The molecule has 1 aliphatic heterocycles. The Hall–Kier alpha value is -1.06. The minimum absolute atomic E-state index is 0.680. The van der Waals surface area contributed by atoms with Crippen molar-refractivity contribution in [3.8, 4) is 5.75 Å². The van der Waals surface area contributed by atoms with Gasteiger partial charge < -0.3 is 15.4 Å². The molecule has 1 saturated heterocycles. The van der Waals surface area contributed by atoms with Gasteiger partial charge in [-0.1, -0.05) is 19.1 Å². The van der Waals surface area contributed by atoms with Crippen LogP contribution in [0.3, 0.4) is 0 Å². The van der Waals surface area contributed by atoms with Gasteiger partial charge >= 0.3 is 0 Å². The van der Waals surface area contributed by atoms with Crippen LogP contribution >= 0.6 is 0 Å². The Labute approximate surface area is 116 Å². The molecule has 0 spiro atoms. The van der Waals surface area contributed by atoms with E-state index in [1.165, 1.54) is 31.5 Å². The van der Waals surface area contributed by atoms with Crippen LogP contribution in [0.5, 0.6) is 5.75 Å². The van der Waals surface area contributed by atoms with E-state index in [2.05, 4.69) is 36.1 Å². The topological polar surface area (TPSA) is 38.5 Å². The molecule has 1 aromatic carbocycles. The van der Waals surface area contributed by atoms with Gasteiger partial charge in [0, 0.05) is 13.1 Å². The van der Waals surface area contributed by atoms with Gasteiger partial charge in [0.25, 0.3) is 0 Å². The molecule has 1 aliphatic rings. The maximum absolute atomic E-state index is 5.72. The number of nitrogens with two attached hydrogens (primary N) is 1. The molecule has 0 bridgehead atoms. The second kappa shape index (κ2) is 7.51. The molecule has 2 N–H and O–H groups in total. The van der Waals surface area contributed by atoms with Crippen molar-refractivity contribution in [2.45, 2.75) is 32.1 Å². The summed E-state index contributed by atoms with van der Waals surface area (Å²) >= 11 is 0. The Balaban J connectivity index is 1.91. The zero-order valence-corrected chi connectivity index (χ0v) is 12.0. The second-order valence-corrected chi connectivity index (χ2v) is 5.33. The van der Waals surface area contributed by atoms with Crippen molar-refractivity contribution >= 4 is 0 Å². The summed E-state index contributed by atoms with van der Waals surface area (Å²) in [4.78, 5) is 2.47. The Morgan fingerprint density at radius 2 is 2.11 bits per heavy atom. The van der Waals surface area contributed by atoms with E-state index in [1.807, 2.05) is 0 Å². The highest BCUT2D eigenvalue weighted by molar-refractivity contribution is 5.31. The number of hydrogen-bond donors (Lipinski definition) is 1. The summed E-state index contributed by atoms with van der Waals surface area (Å²) in [5, 5.41) is 0. The zero-order chi connectivity index (χ0) is 13.5. The van der Waals surface area contributed by atoms with Crippen molar-refractivity contribution in [1.82, 2.24) is 4.90 Å². The molecule has 0 atom stereocenters. The van der Waals surface area contributed by atoms with Crippen LogP contribution in [0, 0.1) is 0 Å². The maximum atomic E-state index is 5.72. The van der Waals surface area contributed by atoms with E-state index in [0.29, 0.717) is 5.92 Å². The van der Waals surface area contributed by atoms with Gasteiger partial charge in [-0.3, -0.25) is 0 Å². The van der Waals surface area contributed by atoms with E-state index < -0.39 is 0 Å². The summed E-state index contributed by atoms with van der Waals surface area (Å²) in [5.74, 6) is 1.70. The third-order valence-electron chi connectivity index (χ3n) is 3.84. The Bertz CT molecular complexity index is 373. The lowest BCUT2D eigenvalue weighted by molar-refractivity contribution is 0.217. The molecule has 1 fully saturated rings. The van der Waals surface area contributed by atoms with Crippen LogP contribution in [0.1, 0.15) is 37.7 Å². The van der Waals surface area contributed by atoms with E-state index in [1.54, 1.807) is 0 Å². The van der Waals surface area contributed by atoms with Crippen molar-refractivity contribution in [3.05, 3.63) is 29.8 Å². The van der Waals surface area contributed by atoms with Gasteiger partial charge in [-0.15, -0.1) is 0 Å². The molecule has 3 nitrogen and oxygen atoms in total. The molecule has 1 heterocycles. The number of piperidine rings is 1. The smallest absolute Gasteiger partial charge is 0.119 e. The molecule has 1 aromatic rings. The largest absolute Gasteiger partial charge is 0.494 e. The van der Waals surface area contributed by atoms with Crippen LogP contribution < -0.4 is 10.5 Å². The molecule has 0 radical (unpaired) electrons. The van der Waals surface area contributed by atoms with E-state index in [-0.39, 0.29) is 0 Å². The first-order chi connectivity index (χ1) is 9.33. The molecule has 0 unspecified atom stereocenters. The van der Waals surface area contributed by atoms with Gasteiger partial charge in [-0.05, 0) is 56.0 Å². The predicted molar refractivity (Wildman–Crippen MR) is 79.7 cm³/mol. The summed E-state index contributed by atoms with van der Waals surface area (Å²) in [6.45, 7) is 7.08. The third-order valence-corrected chi connectivity index (χ3v) is 3.84. The molecule has 106 valence electrons. The molecule has 0 aliphatic carbocycles. The Morgan fingerprint density at radius 3 is 2.79 bits per heavy atom. The quantitative estimate of drug-likeness (QED) is 0.856. The first-order valence-electron chi connectivity index (χ1n) is 7.48. The van der Waals surface area contributed by atoms with E-state index in [9.17, 15) is 0 Å².